The largest absolute Gasteiger partial charge is 0.399 e. The molecule has 0 bridgehead atoms. The number of nitrogens with two attached hydrogens (primary N) is 1. The Morgan fingerprint density at radius 3 is 2.70 bits per heavy atom. The van der Waals surface area contributed by atoms with Crippen molar-refractivity contribution in [1.29, 1.82) is 0 Å². The summed E-state index contributed by atoms with van der Waals surface area (Å²) in [4.78, 5) is 36.5. The number of likely N-dealkylation sites (tertiary alicyclic amines) is 1. The monoisotopic (exact) mass is 275 g/mol. The van der Waals surface area contributed by atoms with E-state index in [4.69, 9.17) is 5.73 Å². The molecular weight excluding hydrogens is 258 g/mol. The molecule has 6 heteroatoms. The number of carbonyl (C=O) groups is 3. The standard InChI is InChI=1S/C14H17N3O3/c1-8-5-9(7-10(15)6-8)13(19)16-11-3-4-12(18)17(2)14(11)20/h5-7,11H,3-4,15H2,1-2H3,(H,16,19). The molecule has 1 atom stereocenters. The molecule has 0 radical (unpaired) electrons. The summed E-state index contributed by atoms with van der Waals surface area (Å²) in [6.45, 7) is 1.84. The summed E-state index contributed by atoms with van der Waals surface area (Å²) in [6, 6.07) is 4.36. The number of piperidine rings is 1. The lowest BCUT2D eigenvalue weighted by Crippen LogP contribution is -2.52. The highest BCUT2D eigenvalue weighted by Crippen LogP contribution is 2.14. The lowest BCUT2D eigenvalue weighted by Gasteiger charge is -2.28. The molecule has 106 valence electrons. The van der Waals surface area contributed by atoms with Gasteiger partial charge in [-0.1, -0.05) is 0 Å². The molecule has 1 heterocycles. The van der Waals surface area contributed by atoms with Crippen molar-refractivity contribution in [1.82, 2.24) is 10.2 Å². The van der Waals surface area contributed by atoms with Gasteiger partial charge in [-0.2, -0.15) is 0 Å². The molecule has 0 aliphatic carbocycles. The topological polar surface area (TPSA) is 92.5 Å². The van der Waals surface area contributed by atoms with Crippen molar-refractivity contribution in [3.63, 3.8) is 0 Å². The molecule has 1 aliphatic heterocycles. The first-order chi connectivity index (χ1) is 9.38. The summed E-state index contributed by atoms with van der Waals surface area (Å²) >= 11 is 0. The van der Waals surface area contributed by atoms with Crippen LogP contribution >= 0.6 is 0 Å². The van der Waals surface area contributed by atoms with E-state index in [1.807, 2.05) is 6.92 Å². The molecule has 0 saturated carbocycles. The Morgan fingerprint density at radius 2 is 2.05 bits per heavy atom. The number of imide groups is 1. The van der Waals surface area contributed by atoms with Gasteiger partial charge in [-0.25, -0.2) is 0 Å². The van der Waals surface area contributed by atoms with E-state index < -0.39 is 6.04 Å². The van der Waals surface area contributed by atoms with Gasteiger partial charge in [0.2, 0.25) is 5.91 Å². The van der Waals surface area contributed by atoms with E-state index in [-0.39, 0.29) is 24.1 Å². The van der Waals surface area contributed by atoms with Crippen LogP contribution in [-0.4, -0.2) is 35.7 Å². The Morgan fingerprint density at radius 1 is 1.35 bits per heavy atom. The normalized spacial score (nSPS) is 19.1. The SMILES string of the molecule is Cc1cc(N)cc(C(=O)NC2CCC(=O)N(C)C2=O)c1. The van der Waals surface area contributed by atoms with Crippen molar-refractivity contribution in [3.05, 3.63) is 29.3 Å². The van der Waals surface area contributed by atoms with E-state index in [0.717, 1.165) is 10.5 Å². The van der Waals surface area contributed by atoms with Crippen LogP contribution < -0.4 is 11.1 Å². The predicted molar refractivity (Wildman–Crippen MR) is 73.9 cm³/mol. The Hall–Kier alpha value is -2.37. The van der Waals surface area contributed by atoms with Crippen LogP contribution in [0.4, 0.5) is 5.69 Å². The number of amides is 3. The third-order valence-corrected chi connectivity index (χ3v) is 3.32. The average Bonchev–Trinajstić information content (AvgIpc) is 2.38. The lowest BCUT2D eigenvalue weighted by molar-refractivity contribution is -0.147. The molecule has 1 aliphatic rings. The Balaban J connectivity index is 2.11. The van der Waals surface area contributed by atoms with Crippen molar-refractivity contribution >= 4 is 23.4 Å². The number of hydrogen-bond acceptors (Lipinski definition) is 4. The van der Waals surface area contributed by atoms with Crippen LogP contribution in [0.25, 0.3) is 0 Å². The highest BCUT2D eigenvalue weighted by molar-refractivity contribution is 6.03. The van der Waals surface area contributed by atoms with Gasteiger partial charge in [-0.05, 0) is 37.1 Å². The van der Waals surface area contributed by atoms with Gasteiger partial charge in [0.25, 0.3) is 11.8 Å². The van der Waals surface area contributed by atoms with Crippen LogP contribution in [0.3, 0.4) is 0 Å². The van der Waals surface area contributed by atoms with Gasteiger partial charge in [0.1, 0.15) is 6.04 Å². The highest BCUT2D eigenvalue weighted by atomic mass is 16.2. The van der Waals surface area contributed by atoms with Gasteiger partial charge >= 0.3 is 0 Å². The van der Waals surface area contributed by atoms with Crippen molar-refractivity contribution in [3.8, 4) is 0 Å². The summed E-state index contributed by atoms with van der Waals surface area (Å²) in [5.74, 6) is -0.961. The van der Waals surface area contributed by atoms with E-state index in [2.05, 4.69) is 5.32 Å². The zero-order valence-corrected chi connectivity index (χ0v) is 11.5. The van der Waals surface area contributed by atoms with Crippen molar-refractivity contribution < 1.29 is 14.4 Å². The highest BCUT2D eigenvalue weighted by Gasteiger charge is 2.32. The first-order valence-electron chi connectivity index (χ1n) is 6.37. The molecule has 1 saturated heterocycles. The van der Waals surface area contributed by atoms with Gasteiger partial charge < -0.3 is 11.1 Å². The molecule has 20 heavy (non-hydrogen) atoms. The van der Waals surface area contributed by atoms with Gasteiger partial charge in [-0.3, -0.25) is 19.3 Å². The lowest BCUT2D eigenvalue weighted by atomic mass is 10.0. The van der Waals surface area contributed by atoms with Crippen molar-refractivity contribution in [2.75, 3.05) is 12.8 Å². The van der Waals surface area contributed by atoms with Gasteiger partial charge in [0.15, 0.2) is 0 Å². The Bertz CT molecular complexity index is 563. The third kappa shape index (κ3) is 2.79. The van der Waals surface area contributed by atoms with Crippen LogP contribution in [0.15, 0.2) is 18.2 Å². The van der Waals surface area contributed by atoms with Crippen molar-refractivity contribution in [2.24, 2.45) is 0 Å². The van der Waals surface area contributed by atoms with Crippen LogP contribution in [0, 0.1) is 6.92 Å². The first-order valence-corrected chi connectivity index (χ1v) is 6.37. The minimum atomic E-state index is -0.660. The second-order valence-electron chi connectivity index (χ2n) is 4.99. The fourth-order valence-corrected chi connectivity index (χ4v) is 2.23. The van der Waals surface area contributed by atoms with Gasteiger partial charge in [-0.15, -0.1) is 0 Å². The first kappa shape index (κ1) is 14.0. The summed E-state index contributed by atoms with van der Waals surface area (Å²) in [6.07, 6.45) is 0.582. The number of carbonyl (C=O) groups excluding carboxylic acids is 3. The number of likely N-dealkylation sites (N-methyl/N-ethyl adjacent to an activating group) is 1. The molecule has 1 aromatic rings. The molecule has 1 fully saturated rings. The molecule has 1 aromatic carbocycles. The summed E-state index contributed by atoms with van der Waals surface area (Å²) in [7, 11) is 1.42. The second-order valence-corrected chi connectivity index (χ2v) is 4.99. The zero-order valence-electron chi connectivity index (χ0n) is 11.5. The summed E-state index contributed by atoms with van der Waals surface area (Å²) < 4.78 is 0. The predicted octanol–water partition coefficient (Wildman–Crippen LogP) is 0.454. The average molecular weight is 275 g/mol. The smallest absolute Gasteiger partial charge is 0.252 e. The number of aryl methyl sites for hydroxylation is 1. The van der Waals surface area contributed by atoms with Crippen LogP contribution in [0.5, 0.6) is 0 Å². The zero-order chi connectivity index (χ0) is 14.9. The fraction of sp³-hybridized carbons (Fsp3) is 0.357. The molecule has 0 aromatic heterocycles. The Labute approximate surface area is 116 Å². The number of anilines is 1. The van der Waals surface area contributed by atoms with E-state index in [1.54, 1.807) is 18.2 Å². The minimum Gasteiger partial charge on any atom is -0.399 e. The molecule has 0 spiro atoms. The minimum absolute atomic E-state index is 0.222. The second kappa shape index (κ2) is 5.32. The van der Waals surface area contributed by atoms with Crippen LogP contribution in [0.2, 0.25) is 0 Å². The summed E-state index contributed by atoms with van der Waals surface area (Å²) in [5.41, 5.74) is 7.48. The Kier molecular flexibility index (Phi) is 3.74. The van der Waals surface area contributed by atoms with E-state index in [0.29, 0.717) is 17.7 Å². The maximum Gasteiger partial charge on any atom is 0.252 e. The van der Waals surface area contributed by atoms with Crippen molar-refractivity contribution in [2.45, 2.75) is 25.8 Å². The molecule has 2 rings (SSSR count). The maximum absolute atomic E-state index is 12.1. The molecule has 3 N–H and O–H groups in total. The van der Waals surface area contributed by atoms with Gasteiger partial charge in [0, 0.05) is 24.7 Å². The van der Waals surface area contributed by atoms with E-state index in [1.165, 1.54) is 7.05 Å². The number of hydrogen-bond donors (Lipinski definition) is 2. The number of rotatable bonds is 2. The third-order valence-electron chi connectivity index (χ3n) is 3.32. The van der Waals surface area contributed by atoms with E-state index in [9.17, 15) is 14.4 Å². The number of nitrogens with zero attached hydrogens (tertiary/aromatic N) is 1. The number of benzene rings is 1. The molecule has 1 unspecified atom stereocenters. The number of nitrogen functional groups attached to an aromatic ring is 1. The molecule has 6 nitrogen and oxygen atoms in total. The van der Waals surface area contributed by atoms with E-state index >= 15 is 0 Å². The molecular formula is C14H17N3O3. The molecule has 3 amide bonds. The quantitative estimate of drug-likeness (QED) is 0.605. The summed E-state index contributed by atoms with van der Waals surface area (Å²) in [5, 5.41) is 2.65. The van der Waals surface area contributed by atoms with Crippen LogP contribution in [-0.2, 0) is 9.59 Å². The fourth-order valence-electron chi connectivity index (χ4n) is 2.23. The maximum atomic E-state index is 12.1. The van der Waals surface area contributed by atoms with Gasteiger partial charge in [0.05, 0.1) is 0 Å². The number of nitrogens with one attached hydrogen (secondary N) is 1. The van der Waals surface area contributed by atoms with Crippen LogP contribution in [0.1, 0.15) is 28.8 Å².